The van der Waals surface area contributed by atoms with Crippen LogP contribution in [0.5, 0.6) is 23.0 Å². The summed E-state index contributed by atoms with van der Waals surface area (Å²) in [5.74, 6) is 0.756. The molecule has 0 aliphatic carbocycles. The second-order valence-corrected chi connectivity index (χ2v) is 9.89. The fourth-order valence-electron chi connectivity index (χ4n) is 4.08. The SMILES string of the molecule is CCOc1ccc([C@H]2C(C(=O)OC)=CN=c3s/c(=C\c4cc(Br)c(O)c(OCC)c4)c(=O)n32)cc1OCC. The quantitative estimate of drug-likeness (QED) is 0.372. The molecule has 11 heteroatoms. The molecule has 0 saturated carbocycles. The number of methoxy groups -OCH3 is 1. The Morgan fingerprint density at radius 1 is 1.08 bits per heavy atom. The van der Waals surface area contributed by atoms with Gasteiger partial charge in [-0.15, -0.1) is 0 Å². The number of nitrogens with zero attached hydrogens (tertiary/aromatic N) is 2. The van der Waals surface area contributed by atoms with Crippen molar-refractivity contribution in [1.29, 1.82) is 0 Å². The number of hydrogen-bond acceptors (Lipinski definition) is 9. The minimum absolute atomic E-state index is 0.0196. The molecule has 2 heterocycles. The molecule has 0 amide bonds. The van der Waals surface area contributed by atoms with Crippen LogP contribution in [0.25, 0.3) is 6.08 Å². The van der Waals surface area contributed by atoms with Gasteiger partial charge in [0.25, 0.3) is 5.56 Å². The van der Waals surface area contributed by atoms with Crippen molar-refractivity contribution in [3.63, 3.8) is 0 Å². The molecule has 3 aromatic rings. The van der Waals surface area contributed by atoms with Crippen molar-refractivity contribution in [3.05, 3.63) is 77.4 Å². The Balaban J connectivity index is 1.90. The summed E-state index contributed by atoms with van der Waals surface area (Å²) in [5.41, 5.74) is 1.17. The van der Waals surface area contributed by atoms with Gasteiger partial charge < -0.3 is 24.1 Å². The van der Waals surface area contributed by atoms with Crippen LogP contribution in [-0.4, -0.2) is 42.6 Å². The molecule has 4 rings (SSSR count). The van der Waals surface area contributed by atoms with E-state index < -0.39 is 12.0 Å². The monoisotopic (exact) mass is 602 g/mol. The number of thiazole rings is 1. The lowest BCUT2D eigenvalue weighted by Crippen LogP contribution is -2.39. The van der Waals surface area contributed by atoms with E-state index in [4.69, 9.17) is 18.9 Å². The average molecular weight is 603 g/mol. The Labute approximate surface area is 231 Å². The second kappa shape index (κ2) is 11.9. The van der Waals surface area contributed by atoms with E-state index in [2.05, 4.69) is 20.9 Å². The summed E-state index contributed by atoms with van der Waals surface area (Å²) in [4.78, 5) is 31.3. The number of aromatic nitrogens is 1. The van der Waals surface area contributed by atoms with Crippen molar-refractivity contribution < 1.29 is 28.8 Å². The van der Waals surface area contributed by atoms with E-state index in [-0.39, 0.29) is 16.9 Å². The van der Waals surface area contributed by atoms with Crippen LogP contribution in [0.15, 0.2) is 56.4 Å². The van der Waals surface area contributed by atoms with Crippen molar-refractivity contribution in [1.82, 2.24) is 4.57 Å². The van der Waals surface area contributed by atoms with E-state index in [0.717, 1.165) is 0 Å². The van der Waals surface area contributed by atoms with Crippen LogP contribution in [0, 0.1) is 0 Å². The smallest absolute Gasteiger partial charge is 0.337 e. The molecule has 200 valence electrons. The largest absolute Gasteiger partial charge is 0.503 e. The zero-order valence-corrected chi connectivity index (χ0v) is 23.7. The van der Waals surface area contributed by atoms with Gasteiger partial charge in [-0.2, -0.15) is 0 Å². The Kier molecular flexibility index (Phi) is 8.58. The zero-order chi connectivity index (χ0) is 27.4. The first kappa shape index (κ1) is 27.5. The van der Waals surface area contributed by atoms with Gasteiger partial charge in [-0.3, -0.25) is 9.36 Å². The molecule has 38 heavy (non-hydrogen) atoms. The maximum atomic E-state index is 13.8. The lowest BCUT2D eigenvalue weighted by Gasteiger charge is -2.23. The average Bonchev–Trinajstić information content (AvgIpc) is 3.22. The Morgan fingerprint density at radius 2 is 1.76 bits per heavy atom. The fraction of sp³-hybridized carbons (Fsp3) is 0.296. The number of carbonyl (C=O) groups excluding carboxylic acids is 1. The first-order valence-electron chi connectivity index (χ1n) is 12.0. The van der Waals surface area contributed by atoms with Crippen LogP contribution >= 0.6 is 27.3 Å². The number of ether oxygens (including phenoxy) is 4. The fourth-order valence-corrected chi connectivity index (χ4v) is 5.51. The summed E-state index contributed by atoms with van der Waals surface area (Å²) in [6.45, 7) is 6.80. The molecular weight excluding hydrogens is 576 g/mol. The molecule has 1 atom stereocenters. The summed E-state index contributed by atoms with van der Waals surface area (Å²) < 4.78 is 24.3. The molecule has 1 aliphatic rings. The maximum Gasteiger partial charge on any atom is 0.337 e. The Hall–Kier alpha value is -3.57. The third-order valence-corrected chi connectivity index (χ3v) is 7.26. The Bertz CT molecular complexity index is 1580. The molecule has 1 aromatic heterocycles. The minimum atomic E-state index is -0.790. The van der Waals surface area contributed by atoms with Crippen molar-refractivity contribution >= 4 is 39.3 Å². The van der Waals surface area contributed by atoms with E-state index in [0.29, 0.717) is 62.0 Å². The number of phenols is 1. The number of esters is 1. The van der Waals surface area contributed by atoms with Gasteiger partial charge in [0.05, 0.1) is 47.6 Å². The number of aromatic hydroxyl groups is 1. The summed E-state index contributed by atoms with van der Waals surface area (Å²) in [7, 11) is 1.29. The van der Waals surface area contributed by atoms with Crippen LogP contribution in [0.2, 0.25) is 0 Å². The minimum Gasteiger partial charge on any atom is -0.503 e. The summed E-state index contributed by atoms with van der Waals surface area (Å²) >= 11 is 4.52. The van der Waals surface area contributed by atoms with Crippen molar-refractivity contribution in [2.45, 2.75) is 26.8 Å². The van der Waals surface area contributed by atoms with Crippen molar-refractivity contribution in [2.75, 3.05) is 26.9 Å². The van der Waals surface area contributed by atoms with Crippen LogP contribution < -0.4 is 29.1 Å². The van der Waals surface area contributed by atoms with Gasteiger partial charge in [-0.05, 0) is 78.2 Å². The van der Waals surface area contributed by atoms with Crippen LogP contribution in [0.4, 0.5) is 0 Å². The molecule has 0 bridgehead atoms. The maximum absolute atomic E-state index is 13.8. The highest BCUT2D eigenvalue weighted by atomic mass is 79.9. The molecule has 0 unspecified atom stereocenters. The van der Waals surface area contributed by atoms with Gasteiger partial charge in [-0.1, -0.05) is 17.4 Å². The number of rotatable bonds is 9. The number of phenolic OH excluding ortho intramolecular Hbond substituents is 1. The van der Waals surface area contributed by atoms with E-state index >= 15 is 0 Å². The molecular formula is C27H27BrN2O7S. The standard InChI is InChI=1S/C27H27BrN2O7S/c1-5-35-19-9-8-16(13-20(19)36-6-2)23-17(26(33)34-4)14-29-27-30(23)25(32)22(38-27)12-15-10-18(28)24(31)21(11-15)37-7-3/h8-14,23,31H,5-7H2,1-4H3/b22-12-/t23-/m0/s1. The third-order valence-electron chi connectivity index (χ3n) is 5.66. The van der Waals surface area contributed by atoms with Gasteiger partial charge in [-0.25, -0.2) is 9.79 Å². The molecule has 0 spiro atoms. The first-order valence-corrected chi connectivity index (χ1v) is 13.6. The van der Waals surface area contributed by atoms with Gasteiger partial charge in [0.2, 0.25) is 0 Å². The number of benzene rings is 2. The lowest BCUT2D eigenvalue weighted by atomic mass is 9.97. The number of carbonyl (C=O) groups is 1. The third kappa shape index (κ3) is 5.34. The number of fused-ring (bicyclic) bond motifs is 1. The van der Waals surface area contributed by atoms with Gasteiger partial charge in [0.1, 0.15) is 0 Å². The summed E-state index contributed by atoms with van der Waals surface area (Å²) in [6, 6.07) is 7.88. The van der Waals surface area contributed by atoms with Gasteiger partial charge in [0, 0.05) is 6.20 Å². The molecule has 0 radical (unpaired) electrons. The zero-order valence-electron chi connectivity index (χ0n) is 21.3. The van der Waals surface area contributed by atoms with E-state index in [9.17, 15) is 14.7 Å². The lowest BCUT2D eigenvalue weighted by molar-refractivity contribution is -0.136. The number of halogens is 1. The topological polar surface area (TPSA) is 109 Å². The van der Waals surface area contributed by atoms with Crippen LogP contribution in [0.1, 0.15) is 37.9 Å². The molecule has 2 aromatic carbocycles. The highest BCUT2D eigenvalue weighted by Gasteiger charge is 2.31. The predicted octanol–water partition coefficient (Wildman–Crippen LogP) is 3.68. The number of hydrogen-bond donors (Lipinski definition) is 1. The molecule has 0 fully saturated rings. The van der Waals surface area contributed by atoms with Crippen molar-refractivity contribution in [3.8, 4) is 23.0 Å². The molecule has 1 N–H and O–H groups in total. The summed E-state index contributed by atoms with van der Waals surface area (Å²) in [5, 5.41) is 10.3. The summed E-state index contributed by atoms with van der Waals surface area (Å²) in [6.07, 6.45) is 3.13. The normalized spacial score (nSPS) is 14.8. The van der Waals surface area contributed by atoms with Crippen LogP contribution in [-0.2, 0) is 9.53 Å². The van der Waals surface area contributed by atoms with E-state index in [1.54, 1.807) is 36.4 Å². The highest BCUT2D eigenvalue weighted by Crippen LogP contribution is 2.36. The van der Waals surface area contributed by atoms with E-state index in [1.807, 2.05) is 20.8 Å². The highest BCUT2D eigenvalue weighted by molar-refractivity contribution is 9.10. The molecule has 0 saturated heterocycles. The van der Waals surface area contributed by atoms with Crippen LogP contribution in [0.3, 0.4) is 0 Å². The van der Waals surface area contributed by atoms with E-state index in [1.165, 1.54) is 29.2 Å². The molecule has 1 aliphatic heterocycles. The Morgan fingerprint density at radius 3 is 2.45 bits per heavy atom. The van der Waals surface area contributed by atoms with Gasteiger partial charge >= 0.3 is 5.97 Å². The van der Waals surface area contributed by atoms with Gasteiger partial charge in [0.15, 0.2) is 27.8 Å². The second-order valence-electron chi connectivity index (χ2n) is 8.03. The predicted molar refractivity (Wildman–Crippen MR) is 147 cm³/mol. The first-order chi connectivity index (χ1) is 18.3. The van der Waals surface area contributed by atoms with Crippen molar-refractivity contribution in [2.24, 2.45) is 4.99 Å². The molecule has 9 nitrogen and oxygen atoms in total.